The molecule has 92 valence electrons. The Balaban J connectivity index is 0.000000583. The maximum atomic E-state index is 3.46. The van der Waals surface area contributed by atoms with Crippen molar-refractivity contribution in [2.75, 3.05) is 7.05 Å². The number of hydrogen-bond donors (Lipinski definition) is 1. The standard InChI is InChI=1S/C11H23N.C3H8/c1-3-4-7-10-8-5-6-9-11(10)12-2;1-3-2/h10-12H,3-9H2,1-2H3;3H2,1-2H3. The van der Waals surface area contributed by atoms with Crippen LogP contribution in [0.25, 0.3) is 0 Å². The number of rotatable bonds is 4. The van der Waals surface area contributed by atoms with E-state index in [2.05, 4.69) is 33.1 Å². The average molecular weight is 213 g/mol. The van der Waals surface area contributed by atoms with Gasteiger partial charge >= 0.3 is 0 Å². The Bertz CT molecular complexity index is 123. The van der Waals surface area contributed by atoms with Gasteiger partial charge < -0.3 is 5.32 Å². The van der Waals surface area contributed by atoms with Crippen molar-refractivity contribution in [2.45, 2.75) is 78.2 Å². The molecule has 2 atom stereocenters. The Labute approximate surface area is 97.0 Å². The lowest BCUT2D eigenvalue weighted by Gasteiger charge is -2.31. The van der Waals surface area contributed by atoms with E-state index in [1.165, 1.54) is 51.4 Å². The Hall–Kier alpha value is -0.0400. The predicted molar refractivity (Wildman–Crippen MR) is 70.3 cm³/mol. The summed E-state index contributed by atoms with van der Waals surface area (Å²) in [7, 11) is 2.12. The summed E-state index contributed by atoms with van der Waals surface area (Å²) < 4.78 is 0. The highest BCUT2D eigenvalue weighted by molar-refractivity contribution is 4.79. The smallest absolute Gasteiger partial charge is 0.00923 e. The summed E-state index contributed by atoms with van der Waals surface area (Å²) in [6, 6.07) is 0.824. The second-order valence-corrected chi connectivity index (χ2v) is 4.79. The number of hydrogen-bond acceptors (Lipinski definition) is 1. The molecule has 0 radical (unpaired) electrons. The fraction of sp³-hybridized carbons (Fsp3) is 1.00. The van der Waals surface area contributed by atoms with Gasteiger partial charge in [0.1, 0.15) is 0 Å². The van der Waals surface area contributed by atoms with Gasteiger partial charge in [0.2, 0.25) is 0 Å². The molecule has 0 heterocycles. The summed E-state index contributed by atoms with van der Waals surface area (Å²) in [4.78, 5) is 0. The molecule has 1 saturated carbocycles. The monoisotopic (exact) mass is 213 g/mol. The molecule has 0 aromatic heterocycles. The van der Waals surface area contributed by atoms with Crippen molar-refractivity contribution in [2.24, 2.45) is 5.92 Å². The highest BCUT2D eigenvalue weighted by Crippen LogP contribution is 2.28. The second kappa shape index (κ2) is 10.5. The summed E-state index contributed by atoms with van der Waals surface area (Å²) in [5.41, 5.74) is 0. The van der Waals surface area contributed by atoms with Crippen LogP contribution in [-0.4, -0.2) is 13.1 Å². The first-order chi connectivity index (χ1) is 7.29. The highest BCUT2D eigenvalue weighted by Gasteiger charge is 2.22. The third-order valence-electron chi connectivity index (χ3n) is 3.21. The van der Waals surface area contributed by atoms with E-state index in [4.69, 9.17) is 0 Å². The van der Waals surface area contributed by atoms with Crippen molar-refractivity contribution in [3.63, 3.8) is 0 Å². The Morgan fingerprint density at radius 3 is 2.20 bits per heavy atom. The molecule has 1 heteroatoms. The average Bonchev–Trinajstić information content (AvgIpc) is 2.28. The lowest BCUT2D eigenvalue weighted by Crippen LogP contribution is -2.35. The molecule has 0 aromatic rings. The minimum atomic E-state index is 0.824. The van der Waals surface area contributed by atoms with Gasteiger partial charge in [-0.25, -0.2) is 0 Å². The molecule has 0 saturated heterocycles. The first kappa shape index (κ1) is 15.0. The van der Waals surface area contributed by atoms with Crippen LogP contribution in [0, 0.1) is 5.92 Å². The van der Waals surface area contributed by atoms with Crippen molar-refractivity contribution in [3.05, 3.63) is 0 Å². The molecule has 1 rings (SSSR count). The van der Waals surface area contributed by atoms with E-state index >= 15 is 0 Å². The zero-order valence-corrected chi connectivity index (χ0v) is 11.3. The van der Waals surface area contributed by atoms with E-state index in [1.807, 2.05) is 0 Å². The maximum absolute atomic E-state index is 3.46. The summed E-state index contributed by atoms with van der Waals surface area (Å²) >= 11 is 0. The molecule has 0 aromatic carbocycles. The molecule has 0 amide bonds. The third kappa shape index (κ3) is 6.94. The van der Waals surface area contributed by atoms with Gasteiger partial charge in [-0.3, -0.25) is 0 Å². The molecule has 1 aliphatic carbocycles. The molecule has 0 spiro atoms. The van der Waals surface area contributed by atoms with Crippen molar-refractivity contribution < 1.29 is 0 Å². The van der Waals surface area contributed by atoms with Gasteiger partial charge in [0, 0.05) is 6.04 Å². The molecular formula is C14H31N. The molecule has 1 aliphatic rings. The van der Waals surface area contributed by atoms with Crippen LogP contribution in [0.3, 0.4) is 0 Å². The summed E-state index contributed by atoms with van der Waals surface area (Å²) in [5, 5.41) is 3.46. The Morgan fingerprint density at radius 1 is 1.07 bits per heavy atom. The lowest BCUT2D eigenvalue weighted by molar-refractivity contribution is 0.255. The largest absolute Gasteiger partial charge is 0.317 e. The molecule has 0 bridgehead atoms. The molecule has 1 fully saturated rings. The van der Waals surface area contributed by atoms with E-state index < -0.39 is 0 Å². The number of nitrogens with one attached hydrogen (secondary N) is 1. The van der Waals surface area contributed by atoms with Gasteiger partial charge in [0.05, 0.1) is 0 Å². The molecule has 1 nitrogen and oxygen atoms in total. The Kier molecular flexibility index (Phi) is 10.4. The lowest BCUT2D eigenvalue weighted by atomic mass is 9.81. The molecule has 2 unspecified atom stereocenters. The first-order valence-electron chi connectivity index (χ1n) is 6.97. The van der Waals surface area contributed by atoms with Gasteiger partial charge in [-0.15, -0.1) is 0 Å². The SMILES string of the molecule is CCC.CCCCC1CCCCC1NC. The van der Waals surface area contributed by atoms with Crippen LogP contribution in [0.15, 0.2) is 0 Å². The fourth-order valence-corrected chi connectivity index (χ4v) is 2.40. The predicted octanol–water partition coefficient (Wildman–Crippen LogP) is 4.37. The molecular weight excluding hydrogens is 182 g/mol. The first-order valence-corrected chi connectivity index (χ1v) is 6.97. The van der Waals surface area contributed by atoms with E-state index in [-0.39, 0.29) is 0 Å². The zero-order valence-electron chi connectivity index (χ0n) is 11.3. The second-order valence-electron chi connectivity index (χ2n) is 4.79. The van der Waals surface area contributed by atoms with E-state index in [0.29, 0.717) is 0 Å². The van der Waals surface area contributed by atoms with Crippen LogP contribution < -0.4 is 5.32 Å². The molecule has 15 heavy (non-hydrogen) atoms. The van der Waals surface area contributed by atoms with Gasteiger partial charge in [-0.1, -0.05) is 52.9 Å². The van der Waals surface area contributed by atoms with Gasteiger partial charge in [-0.2, -0.15) is 0 Å². The van der Waals surface area contributed by atoms with Crippen molar-refractivity contribution in [3.8, 4) is 0 Å². The van der Waals surface area contributed by atoms with Crippen LogP contribution in [0.4, 0.5) is 0 Å². The van der Waals surface area contributed by atoms with E-state index in [0.717, 1.165) is 12.0 Å². The summed E-state index contributed by atoms with van der Waals surface area (Å²) in [6.45, 7) is 6.54. The highest BCUT2D eigenvalue weighted by atomic mass is 14.9. The van der Waals surface area contributed by atoms with Crippen LogP contribution in [0.5, 0.6) is 0 Å². The van der Waals surface area contributed by atoms with Gasteiger partial charge in [0.25, 0.3) is 0 Å². The fourth-order valence-electron chi connectivity index (χ4n) is 2.40. The van der Waals surface area contributed by atoms with Crippen molar-refractivity contribution in [1.29, 1.82) is 0 Å². The van der Waals surface area contributed by atoms with Gasteiger partial charge in [-0.05, 0) is 32.2 Å². The maximum Gasteiger partial charge on any atom is 0.00923 e. The number of unbranched alkanes of at least 4 members (excludes halogenated alkanes) is 1. The summed E-state index contributed by atoms with van der Waals surface area (Å²) in [5.74, 6) is 0.976. The Morgan fingerprint density at radius 2 is 1.67 bits per heavy atom. The van der Waals surface area contributed by atoms with E-state index in [1.54, 1.807) is 0 Å². The third-order valence-corrected chi connectivity index (χ3v) is 3.21. The van der Waals surface area contributed by atoms with Crippen LogP contribution in [0.1, 0.15) is 72.1 Å². The van der Waals surface area contributed by atoms with Crippen LogP contribution in [-0.2, 0) is 0 Å². The normalized spacial score (nSPS) is 25.6. The minimum absolute atomic E-state index is 0.824. The quantitative estimate of drug-likeness (QED) is 0.731. The van der Waals surface area contributed by atoms with Crippen LogP contribution >= 0.6 is 0 Å². The van der Waals surface area contributed by atoms with Crippen molar-refractivity contribution >= 4 is 0 Å². The zero-order chi connectivity index (χ0) is 11.5. The summed E-state index contributed by atoms with van der Waals surface area (Å²) in [6.07, 6.45) is 11.2. The van der Waals surface area contributed by atoms with Crippen molar-refractivity contribution in [1.82, 2.24) is 5.32 Å². The van der Waals surface area contributed by atoms with Crippen LogP contribution in [0.2, 0.25) is 0 Å². The topological polar surface area (TPSA) is 12.0 Å². The molecule has 1 N–H and O–H groups in total. The minimum Gasteiger partial charge on any atom is -0.317 e. The van der Waals surface area contributed by atoms with E-state index in [9.17, 15) is 0 Å². The molecule has 0 aliphatic heterocycles. The van der Waals surface area contributed by atoms with Gasteiger partial charge in [0.15, 0.2) is 0 Å².